The second-order valence-corrected chi connectivity index (χ2v) is 6.49. The fourth-order valence-electron chi connectivity index (χ4n) is 2.46. The van der Waals surface area contributed by atoms with Gasteiger partial charge in [0.05, 0.1) is 11.5 Å². The third-order valence-corrected chi connectivity index (χ3v) is 3.60. The van der Waals surface area contributed by atoms with Crippen LogP contribution in [0, 0.1) is 11.7 Å². The molecule has 0 radical (unpaired) electrons. The van der Waals surface area contributed by atoms with Gasteiger partial charge in [0, 0.05) is 18.9 Å². The summed E-state index contributed by atoms with van der Waals surface area (Å²) in [6.45, 7) is 7.78. The molecule has 1 atom stereocenters. The highest BCUT2D eigenvalue weighted by Gasteiger charge is 2.10. The molecule has 0 fully saturated rings. The van der Waals surface area contributed by atoms with E-state index in [1.54, 1.807) is 13.1 Å². The van der Waals surface area contributed by atoms with E-state index in [9.17, 15) is 4.39 Å². The summed E-state index contributed by atoms with van der Waals surface area (Å²) in [5.41, 5.74) is 2.44. The third-order valence-electron chi connectivity index (χ3n) is 3.60. The largest absolute Gasteiger partial charge is 0.392 e. The number of pyridine rings is 1. The summed E-state index contributed by atoms with van der Waals surface area (Å²) in [6.07, 6.45) is 2.80. The number of hydrogen-bond acceptors (Lipinski definition) is 3. The van der Waals surface area contributed by atoms with Gasteiger partial charge in [0.15, 0.2) is 5.82 Å². The Balaban J connectivity index is 0.000000217. The molecule has 0 aliphatic rings. The second-order valence-electron chi connectivity index (χ2n) is 6.49. The highest BCUT2D eigenvalue weighted by atomic mass is 19.1. The number of aromatic amines is 1. The molecule has 0 amide bonds. The summed E-state index contributed by atoms with van der Waals surface area (Å²) in [6, 6.07) is 11.6. The maximum absolute atomic E-state index is 13.6. The standard InChI is InChI=1S/C13H9FN2.C7H17NO/c14-11-8-16-13-12(11)10(6-7-15-13)9-4-2-1-3-5-9;1-6(2)4-8-5-7(3)9/h1-8H,(H,15,16);6-9H,4-5H2,1-3H3. The van der Waals surface area contributed by atoms with Crippen LogP contribution in [0.15, 0.2) is 48.8 Å². The average Bonchev–Trinajstić information content (AvgIpc) is 2.97. The predicted molar refractivity (Wildman–Crippen MR) is 101 cm³/mol. The van der Waals surface area contributed by atoms with Gasteiger partial charge in [-0.05, 0) is 36.6 Å². The lowest BCUT2D eigenvalue weighted by Crippen LogP contribution is -2.27. The normalized spacial score (nSPS) is 12.1. The summed E-state index contributed by atoms with van der Waals surface area (Å²) in [5.74, 6) is 0.408. The van der Waals surface area contributed by atoms with Gasteiger partial charge in [0.25, 0.3) is 0 Å². The number of aromatic nitrogens is 2. The molecular weight excluding hydrogens is 317 g/mol. The van der Waals surface area contributed by atoms with Gasteiger partial charge in [-0.1, -0.05) is 44.2 Å². The van der Waals surface area contributed by atoms with Crippen LogP contribution in [0.25, 0.3) is 22.2 Å². The van der Waals surface area contributed by atoms with Crippen molar-refractivity contribution in [3.8, 4) is 11.1 Å². The van der Waals surface area contributed by atoms with Crippen LogP contribution in [0.4, 0.5) is 4.39 Å². The van der Waals surface area contributed by atoms with Crippen molar-refractivity contribution in [2.24, 2.45) is 5.92 Å². The molecule has 25 heavy (non-hydrogen) atoms. The van der Waals surface area contributed by atoms with Gasteiger partial charge in [0.2, 0.25) is 0 Å². The number of aliphatic hydroxyl groups is 1. The van der Waals surface area contributed by atoms with Crippen molar-refractivity contribution < 1.29 is 9.50 Å². The van der Waals surface area contributed by atoms with E-state index in [0.717, 1.165) is 17.7 Å². The Labute approximate surface area is 148 Å². The molecule has 4 nitrogen and oxygen atoms in total. The van der Waals surface area contributed by atoms with Crippen molar-refractivity contribution >= 4 is 11.0 Å². The third kappa shape index (κ3) is 5.66. The molecular formula is C20H26FN3O. The van der Waals surface area contributed by atoms with E-state index >= 15 is 0 Å². The number of H-pyrrole nitrogens is 1. The van der Waals surface area contributed by atoms with Crippen LogP contribution in [-0.4, -0.2) is 34.3 Å². The van der Waals surface area contributed by atoms with Gasteiger partial charge in [-0.25, -0.2) is 9.37 Å². The average molecular weight is 343 g/mol. The Hall–Kier alpha value is -2.24. The number of rotatable bonds is 5. The van der Waals surface area contributed by atoms with Crippen molar-refractivity contribution in [1.29, 1.82) is 0 Å². The first-order chi connectivity index (χ1) is 12.0. The lowest BCUT2D eigenvalue weighted by Gasteiger charge is -2.08. The van der Waals surface area contributed by atoms with E-state index in [-0.39, 0.29) is 11.9 Å². The minimum atomic E-state index is -0.262. The van der Waals surface area contributed by atoms with Crippen LogP contribution in [-0.2, 0) is 0 Å². The van der Waals surface area contributed by atoms with E-state index < -0.39 is 0 Å². The second kappa shape index (κ2) is 9.30. The first-order valence-electron chi connectivity index (χ1n) is 8.54. The Morgan fingerprint density at radius 2 is 1.84 bits per heavy atom. The fourth-order valence-corrected chi connectivity index (χ4v) is 2.46. The summed E-state index contributed by atoms with van der Waals surface area (Å²) < 4.78 is 13.6. The zero-order valence-corrected chi connectivity index (χ0v) is 15.0. The number of halogens is 1. The van der Waals surface area contributed by atoms with Crippen molar-refractivity contribution in [2.45, 2.75) is 26.9 Å². The zero-order valence-electron chi connectivity index (χ0n) is 15.0. The number of fused-ring (bicyclic) bond motifs is 1. The number of benzene rings is 1. The topological polar surface area (TPSA) is 60.9 Å². The molecule has 0 saturated heterocycles. The lowest BCUT2D eigenvalue weighted by atomic mass is 10.0. The van der Waals surface area contributed by atoms with Crippen LogP contribution >= 0.6 is 0 Å². The molecule has 2 heterocycles. The van der Waals surface area contributed by atoms with Crippen LogP contribution in [0.1, 0.15) is 20.8 Å². The Morgan fingerprint density at radius 3 is 2.48 bits per heavy atom. The van der Waals surface area contributed by atoms with Crippen molar-refractivity contribution in [3.05, 3.63) is 54.6 Å². The maximum Gasteiger partial charge on any atom is 0.150 e. The monoisotopic (exact) mass is 343 g/mol. The van der Waals surface area contributed by atoms with E-state index in [1.807, 2.05) is 36.4 Å². The van der Waals surface area contributed by atoms with Crippen molar-refractivity contribution in [3.63, 3.8) is 0 Å². The molecule has 1 unspecified atom stereocenters. The molecule has 3 rings (SSSR count). The minimum Gasteiger partial charge on any atom is -0.392 e. The predicted octanol–water partition coefficient (Wildman–Crippen LogP) is 3.98. The Kier molecular flexibility index (Phi) is 7.10. The van der Waals surface area contributed by atoms with Crippen LogP contribution in [0.3, 0.4) is 0 Å². The van der Waals surface area contributed by atoms with Crippen molar-refractivity contribution in [2.75, 3.05) is 13.1 Å². The number of aliphatic hydroxyl groups excluding tert-OH is 1. The molecule has 134 valence electrons. The smallest absolute Gasteiger partial charge is 0.150 e. The fraction of sp³-hybridized carbons (Fsp3) is 0.350. The maximum atomic E-state index is 13.6. The highest BCUT2D eigenvalue weighted by molar-refractivity contribution is 5.93. The van der Waals surface area contributed by atoms with Gasteiger partial charge in [-0.3, -0.25) is 0 Å². The summed E-state index contributed by atoms with van der Waals surface area (Å²) in [4.78, 5) is 6.90. The van der Waals surface area contributed by atoms with E-state index in [0.29, 0.717) is 23.5 Å². The summed E-state index contributed by atoms with van der Waals surface area (Å²) >= 11 is 0. The molecule has 3 N–H and O–H groups in total. The number of hydrogen-bond donors (Lipinski definition) is 3. The molecule has 0 spiro atoms. The zero-order chi connectivity index (χ0) is 18.2. The van der Waals surface area contributed by atoms with Gasteiger partial charge in [-0.2, -0.15) is 0 Å². The number of nitrogens with zero attached hydrogens (tertiary/aromatic N) is 1. The molecule has 0 aliphatic carbocycles. The minimum absolute atomic E-state index is 0.219. The highest BCUT2D eigenvalue weighted by Crippen LogP contribution is 2.28. The molecule has 0 bridgehead atoms. The molecule has 0 saturated carbocycles. The lowest BCUT2D eigenvalue weighted by molar-refractivity contribution is 0.190. The van der Waals surface area contributed by atoms with E-state index in [2.05, 4.69) is 29.1 Å². The Morgan fingerprint density at radius 1 is 1.12 bits per heavy atom. The SMILES string of the molecule is CC(C)CNCC(C)O.Fc1c[nH]c2nccc(-c3ccccc3)c12. The first-order valence-corrected chi connectivity index (χ1v) is 8.54. The number of nitrogens with one attached hydrogen (secondary N) is 2. The van der Waals surface area contributed by atoms with Gasteiger partial charge in [-0.15, -0.1) is 0 Å². The molecule has 5 heteroatoms. The summed E-state index contributed by atoms with van der Waals surface area (Å²) in [5, 5.41) is 12.5. The van der Waals surface area contributed by atoms with E-state index in [4.69, 9.17) is 5.11 Å². The van der Waals surface area contributed by atoms with Gasteiger partial charge < -0.3 is 15.4 Å². The van der Waals surface area contributed by atoms with Gasteiger partial charge >= 0.3 is 0 Å². The molecule has 3 aromatic rings. The van der Waals surface area contributed by atoms with Crippen LogP contribution in [0.2, 0.25) is 0 Å². The van der Waals surface area contributed by atoms with Crippen molar-refractivity contribution in [1.82, 2.24) is 15.3 Å². The Bertz CT molecular complexity index is 761. The quantitative estimate of drug-likeness (QED) is 0.657. The molecule has 2 aromatic heterocycles. The molecule has 1 aromatic carbocycles. The molecule has 0 aliphatic heterocycles. The van der Waals surface area contributed by atoms with E-state index in [1.165, 1.54) is 6.20 Å². The van der Waals surface area contributed by atoms with Crippen LogP contribution < -0.4 is 5.32 Å². The summed E-state index contributed by atoms with van der Waals surface area (Å²) in [7, 11) is 0. The van der Waals surface area contributed by atoms with Gasteiger partial charge in [0.1, 0.15) is 5.65 Å². The van der Waals surface area contributed by atoms with Crippen LogP contribution in [0.5, 0.6) is 0 Å². The first kappa shape index (κ1) is 19.1.